The third kappa shape index (κ3) is 4.54. The molecule has 156 valence electrons. The molecule has 4 rings (SSSR count). The molecule has 3 aromatic rings. The molecule has 0 saturated carbocycles. The lowest BCUT2D eigenvalue weighted by Gasteiger charge is -2.12. The molecule has 1 atom stereocenters. The molecule has 2 heterocycles. The van der Waals surface area contributed by atoms with Gasteiger partial charge in [-0.25, -0.2) is 4.68 Å². The highest BCUT2D eigenvalue weighted by Crippen LogP contribution is 2.19. The molecule has 1 fully saturated rings. The Morgan fingerprint density at radius 2 is 2.03 bits per heavy atom. The number of aryl methyl sites for hydroxylation is 1. The molecule has 1 saturated heterocycles. The number of rotatable bonds is 7. The van der Waals surface area contributed by atoms with Gasteiger partial charge < -0.3 is 14.8 Å². The van der Waals surface area contributed by atoms with Crippen LogP contribution in [0.15, 0.2) is 54.6 Å². The summed E-state index contributed by atoms with van der Waals surface area (Å²) in [6, 6.07) is 17.3. The van der Waals surface area contributed by atoms with Crippen molar-refractivity contribution in [2.24, 2.45) is 0 Å². The Hall–Kier alpha value is -3.12. The van der Waals surface area contributed by atoms with Gasteiger partial charge >= 0.3 is 0 Å². The molecule has 6 heteroatoms. The summed E-state index contributed by atoms with van der Waals surface area (Å²) >= 11 is 0. The SMILES string of the molecule is Cc1nn(-c2ccccc2)c(C)c1CNC(=O)c1cccc(OCC2CCCO2)c1. The first-order chi connectivity index (χ1) is 14.6. The average molecular weight is 405 g/mol. The van der Waals surface area contributed by atoms with Crippen LogP contribution in [-0.2, 0) is 11.3 Å². The van der Waals surface area contributed by atoms with Crippen molar-refractivity contribution in [2.75, 3.05) is 13.2 Å². The average Bonchev–Trinajstić information content (AvgIpc) is 3.39. The van der Waals surface area contributed by atoms with Crippen LogP contribution in [0.25, 0.3) is 5.69 Å². The van der Waals surface area contributed by atoms with Crippen molar-refractivity contribution in [2.45, 2.75) is 39.3 Å². The van der Waals surface area contributed by atoms with Crippen LogP contribution in [0.3, 0.4) is 0 Å². The Labute approximate surface area is 176 Å². The number of ether oxygens (including phenoxy) is 2. The van der Waals surface area contributed by atoms with Crippen LogP contribution in [0.2, 0.25) is 0 Å². The molecule has 0 radical (unpaired) electrons. The first-order valence-electron chi connectivity index (χ1n) is 10.3. The predicted molar refractivity (Wildman–Crippen MR) is 115 cm³/mol. The first-order valence-corrected chi connectivity index (χ1v) is 10.3. The molecule has 0 aliphatic carbocycles. The van der Waals surface area contributed by atoms with Crippen LogP contribution in [-0.4, -0.2) is 35.0 Å². The maximum Gasteiger partial charge on any atom is 0.251 e. The molecule has 30 heavy (non-hydrogen) atoms. The number of para-hydroxylation sites is 1. The molecule has 0 bridgehead atoms. The third-order valence-electron chi connectivity index (χ3n) is 5.42. The summed E-state index contributed by atoms with van der Waals surface area (Å²) in [7, 11) is 0. The van der Waals surface area contributed by atoms with Crippen LogP contribution < -0.4 is 10.1 Å². The van der Waals surface area contributed by atoms with Gasteiger partial charge in [-0.15, -0.1) is 0 Å². The van der Waals surface area contributed by atoms with Crippen molar-refractivity contribution in [3.8, 4) is 11.4 Å². The zero-order valence-corrected chi connectivity index (χ0v) is 17.4. The number of carbonyl (C=O) groups excluding carboxylic acids is 1. The Balaban J connectivity index is 1.40. The van der Waals surface area contributed by atoms with Gasteiger partial charge in [0.2, 0.25) is 0 Å². The van der Waals surface area contributed by atoms with Crippen LogP contribution in [0.5, 0.6) is 5.75 Å². The van der Waals surface area contributed by atoms with Crippen LogP contribution >= 0.6 is 0 Å². The number of nitrogens with one attached hydrogen (secondary N) is 1. The first kappa shape index (κ1) is 20.2. The summed E-state index contributed by atoms with van der Waals surface area (Å²) < 4.78 is 13.3. The van der Waals surface area contributed by atoms with Gasteiger partial charge in [-0.05, 0) is 57.0 Å². The molecular weight excluding hydrogens is 378 g/mol. The number of amides is 1. The number of aromatic nitrogens is 2. The standard InChI is InChI=1S/C24H27N3O3/c1-17-23(18(2)27(26-17)20-9-4-3-5-10-20)15-25-24(28)19-8-6-11-21(14-19)30-16-22-12-7-13-29-22/h3-6,8-11,14,22H,7,12-13,15-16H2,1-2H3,(H,25,28). The fraction of sp³-hybridized carbons (Fsp3) is 0.333. The molecule has 1 unspecified atom stereocenters. The number of nitrogens with zero attached hydrogens (tertiary/aromatic N) is 2. The van der Waals surface area contributed by atoms with Crippen molar-refractivity contribution in [3.63, 3.8) is 0 Å². The molecular formula is C24H27N3O3. The molecule has 0 spiro atoms. The van der Waals surface area contributed by atoms with E-state index in [9.17, 15) is 4.79 Å². The zero-order valence-electron chi connectivity index (χ0n) is 17.4. The molecule has 6 nitrogen and oxygen atoms in total. The molecule has 1 amide bonds. The number of hydrogen-bond donors (Lipinski definition) is 1. The third-order valence-corrected chi connectivity index (χ3v) is 5.42. The van der Waals surface area contributed by atoms with Crippen molar-refractivity contribution in [3.05, 3.63) is 77.1 Å². The van der Waals surface area contributed by atoms with Crippen LogP contribution in [0.1, 0.15) is 40.2 Å². The van der Waals surface area contributed by atoms with Crippen molar-refractivity contribution in [1.82, 2.24) is 15.1 Å². The zero-order chi connectivity index (χ0) is 20.9. The highest BCUT2D eigenvalue weighted by molar-refractivity contribution is 5.94. The van der Waals surface area contributed by atoms with E-state index >= 15 is 0 Å². The Bertz CT molecular complexity index is 1010. The largest absolute Gasteiger partial charge is 0.491 e. The van der Waals surface area contributed by atoms with Gasteiger partial charge in [-0.3, -0.25) is 4.79 Å². The van der Waals surface area contributed by atoms with Crippen LogP contribution in [0.4, 0.5) is 0 Å². The van der Waals surface area contributed by atoms with Crippen molar-refractivity contribution < 1.29 is 14.3 Å². The van der Waals surface area contributed by atoms with E-state index in [1.807, 2.05) is 61.0 Å². The molecule has 1 aliphatic heterocycles. The van der Waals surface area contributed by atoms with E-state index in [0.717, 1.165) is 42.1 Å². The van der Waals surface area contributed by atoms with E-state index in [-0.39, 0.29) is 12.0 Å². The lowest BCUT2D eigenvalue weighted by Crippen LogP contribution is -2.23. The van der Waals surface area contributed by atoms with E-state index < -0.39 is 0 Å². The predicted octanol–water partition coefficient (Wildman–Crippen LogP) is 3.98. The minimum Gasteiger partial charge on any atom is -0.491 e. The highest BCUT2D eigenvalue weighted by Gasteiger charge is 2.17. The summed E-state index contributed by atoms with van der Waals surface area (Å²) in [6.07, 6.45) is 2.25. The monoisotopic (exact) mass is 405 g/mol. The van der Waals surface area contributed by atoms with Gasteiger partial charge in [0, 0.05) is 30.0 Å². The second-order valence-electron chi connectivity index (χ2n) is 7.55. The smallest absolute Gasteiger partial charge is 0.251 e. The highest BCUT2D eigenvalue weighted by atomic mass is 16.5. The number of benzene rings is 2. The van der Waals surface area contributed by atoms with Gasteiger partial charge in [-0.2, -0.15) is 5.10 Å². The summed E-state index contributed by atoms with van der Waals surface area (Å²) in [5, 5.41) is 7.65. The van der Waals surface area contributed by atoms with E-state index in [1.165, 1.54) is 0 Å². The van der Waals surface area contributed by atoms with E-state index in [1.54, 1.807) is 12.1 Å². The number of hydrogen-bond acceptors (Lipinski definition) is 4. The Morgan fingerprint density at radius 1 is 1.20 bits per heavy atom. The van der Waals surface area contributed by atoms with E-state index in [0.29, 0.717) is 24.5 Å². The summed E-state index contributed by atoms with van der Waals surface area (Å²) in [6.45, 7) is 5.73. The maximum absolute atomic E-state index is 12.7. The molecule has 1 N–H and O–H groups in total. The van der Waals surface area contributed by atoms with Gasteiger partial charge in [0.15, 0.2) is 0 Å². The topological polar surface area (TPSA) is 65.4 Å². The van der Waals surface area contributed by atoms with E-state index in [4.69, 9.17) is 9.47 Å². The molecule has 1 aliphatic rings. The van der Waals surface area contributed by atoms with Crippen molar-refractivity contribution in [1.29, 1.82) is 0 Å². The Kier molecular flexibility index (Phi) is 6.14. The molecule has 2 aromatic carbocycles. The fourth-order valence-corrected chi connectivity index (χ4v) is 3.71. The minimum absolute atomic E-state index is 0.135. The van der Waals surface area contributed by atoms with E-state index in [2.05, 4.69) is 10.4 Å². The summed E-state index contributed by atoms with van der Waals surface area (Å²) in [4.78, 5) is 12.7. The Morgan fingerprint density at radius 3 is 2.80 bits per heavy atom. The van der Waals surface area contributed by atoms with Crippen molar-refractivity contribution >= 4 is 5.91 Å². The lowest BCUT2D eigenvalue weighted by atomic mass is 10.1. The fourth-order valence-electron chi connectivity index (χ4n) is 3.71. The lowest BCUT2D eigenvalue weighted by molar-refractivity contribution is 0.0679. The second-order valence-corrected chi connectivity index (χ2v) is 7.55. The summed E-state index contributed by atoms with van der Waals surface area (Å²) in [5.74, 6) is 0.547. The van der Waals surface area contributed by atoms with Crippen LogP contribution in [0, 0.1) is 13.8 Å². The second kappa shape index (κ2) is 9.13. The number of carbonyl (C=O) groups is 1. The minimum atomic E-state index is -0.135. The maximum atomic E-state index is 12.7. The van der Waals surface area contributed by atoms with Gasteiger partial charge in [0.05, 0.1) is 17.5 Å². The normalized spacial score (nSPS) is 15.9. The van der Waals surface area contributed by atoms with Gasteiger partial charge in [0.1, 0.15) is 12.4 Å². The summed E-state index contributed by atoms with van der Waals surface area (Å²) in [5.41, 5.74) is 4.54. The van der Waals surface area contributed by atoms with Gasteiger partial charge in [0.25, 0.3) is 5.91 Å². The molecule has 1 aromatic heterocycles. The van der Waals surface area contributed by atoms with Gasteiger partial charge in [-0.1, -0.05) is 24.3 Å². The quantitative estimate of drug-likeness (QED) is 0.646.